The van der Waals surface area contributed by atoms with Gasteiger partial charge in [0, 0.05) is 18.6 Å². The van der Waals surface area contributed by atoms with Crippen LogP contribution in [0, 0.1) is 11.3 Å². The molecule has 0 aromatic heterocycles. The minimum Gasteiger partial charge on any atom is -0.354 e. The van der Waals surface area contributed by atoms with Gasteiger partial charge in [0.15, 0.2) is 0 Å². The van der Waals surface area contributed by atoms with Crippen molar-refractivity contribution in [1.82, 2.24) is 10.2 Å². The van der Waals surface area contributed by atoms with Crippen molar-refractivity contribution in [3.8, 4) is 0 Å². The minimum atomic E-state index is -0.302. The minimum absolute atomic E-state index is 0.188. The molecule has 0 aliphatic heterocycles. The van der Waals surface area contributed by atoms with Crippen LogP contribution in [0.5, 0.6) is 0 Å². The molecule has 2 saturated carbocycles. The first kappa shape index (κ1) is 15.8. The summed E-state index contributed by atoms with van der Waals surface area (Å²) in [5.41, 5.74) is 5.85. The van der Waals surface area contributed by atoms with Crippen molar-refractivity contribution in [2.24, 2.45) is 17.1 Å². The zero-order valence-electron chi connectivity index (χ0n) is 13.4. The van der Waals surface area contributed by atoms with Gasteiger partial charge in [0.1, 0.15) is 0 Å². The lowest BCUT2D eigenvalue weighted by molar-refractivity contribution is -0.133. The molecule has 2 rings (SSSR count). The molecule has 0 bridgehead atoms. The number of hydrogen-bond donors (Lipinski definition) is 2. The fourth-order valence-electron chi connectivity index (χ4n) is 3.64. The van der Waals surface area contributed by atoms with Crippen molar-refractivity contribution in [1.29, 1.82) is 0 Å². The number of amides is 1. The van der Waals surface area contributed by atoms with Crippen molar-refractivity contribution >= 4 is 5.91 Å². The fourth-order valence-corrected chi connectivity index (χ4v) is 3.64. The van der Waals surface area contributed by atoms with Crippen molar-refractivity contribution in [3.63, 3.8) is 0 Å². The SMILES string of the molecule is CC1CCC(CN)(C(=O)NCC2(N(C)C)CCC2)CC1. The summed E-state index contributed by atoms with van der Waals surface area (Å²) in [5, 5.41) is 3.22. The Morgan fingerprint density at radius 1 is 1.25 bits per heavy atom. The third kappa shape index (κ3) is 2.86. The normalized spacial score (nSPS) is 32.8. The first-order valence-electron chi connectivity index (χ1n) is 8.10. The molecule has 0 atom stereocenters. The third-order valence-electron chi connectivity index (χ3n) is 5.91. The van der Waals surface area contributed by atoms with Gasteiger partial charge in [0.2, 0.25) is 5.91 Å². The molecule has 0 heterocycles. The number of nitrogens with zero attached hydrogens (tertiary/aromatic N) is 1. The van der Waals surface area contributed by atoms with E-state index < -0.39 is 0 Å². The average Bonchev–Trinajstić information content (AvgIpc) is 2.38. The van der Waals surface area contributed by atoms with Crippen LogP contribution in [-0.4, -0.2) is 43.5 Å². The highest BCUT2D eigenvalue weighted by molar-refractivity contribution is 5.83. The smallest absolute Gasteiger partial charge is 0.227 e. The molecule has 2 aliphatic carbocycles. The summed E-state index contributed by atoms with van der Waals surface area (Å²) in [7, 11) is 4.23. The molecular weight excluding hydrogens is 250 g/mol. The summed E-state index contributed by atoms with van der Waals surface area (Å²) in [6, 6.07) is 0. The second-order valence-corrected chi connectivity index (χ2v) is 7.32. The Bertz CT molecular complexity index is 342. The number of likely N-dealkylation sites (N-methyl/N-ethyl adjacent to an activating group) is 1. The van der Waals surface area contributed by atoms with E-state index in [1.54, 1.807) is 0 Å². The molecule has 20 heavy (non-hydrogen) atoms. The Morgan fingerprint density at radius 3 is 2.25 bits per heavy atom. The quantitative estimate of drug-likeness (QED) is 0.807. The monoisotopic (exact) mass is 281 g/mol. The number of rotatable bonds is 5. The van der Waals surface area contributed by atoms with E-state index in [4.69, 9.17) is 5.73 Å². The number of carbonyl (C=O) groups excluding carboxylic acids is 1. The van der Waals surface area contributed by atoms with Crippen molar-refractivity contribution < 1.29 is 4.79 Å². The molecule has 3 N–H and O–H groups in total. The van der Waals surface area contributed by atoms with Crippen molar-refractivity contribution in [2.45, 2.75) is 57.4 Å². The molecule has 1 amide bonds. The van der Waals surface area contributed by atoms with Crippen LogP contribution < -0.4 is 11.1 Å². The van der Waals surface area contributed by atoms with Crippen LogP contribution in [0.15, 0.2) is 0 Å². The number of nitrogens with one attached hydrogen (secondary N) is 1. The second kappa shape index (κ2) is 6.02. The Hall–Kier alpha value is -0.610. The summed E-state index contributed by atoms with van der Waals surface area (Å²) >= 11 is 0. The lowest BCUT2D eigenvalue weighted by atomic mass is 9.69. The predicted molar refractivity (Wildman–Crippen MR) is 82.4 cm³/mol. The van der Waals surface area contributed by atoms with E-state index >= 15 is 0 Å². The van der Waals surface area contributed by atoms with Crippen LogP contribution in [0.25, 0.3) is 0 Å². The van der Waals surface area contributed by atoms with Gasteiger partial charge in [-0.3, -0.25) is 4.79 Å². The van der Waals surface area contributed by atoms with Gasteiger partial charge in [0.05, 0.1) is 5.41 Å². The highest BCUT2D eigenvalue weighted by Crippen LogP contribution is 2.39. The van der Waals surface area contributed by atoms with E-state index in [1.165, 1.54) is 19.3 Å². The standard InChI is InChI=1S/C16H31N3O/c1-13-5-9-15(11-17,10-6-13)14(20)18-12-16(19(2)3)7-4-8-16/h13H,4-12,17H2,1-3H3,(H,18,20). The molecule has 0 spiro atoms. The Labute approximate surface area is 123 Å². The van der Waals surface area contributed by atoms with Crippen LogP contribution in [0.1, 0.15) is 51.9 Å². The van der Waals surface area contributed by atoms with Crippen molar-refractivity contribution in [3.05, 3.63) is 0 Å². The van der Waals surface area contributed by atoms with Gasteiger partial charge in [-0.2, -0.15) is 0 Å². The largest absolute Gasteiger partial charge is 0.354 e. The summed E-state index contributed by atoms with van der Waals surface area (Å²) < 4.78 is 0. The molecule has 0 saturated heterocycles. The fraction of sp³-hybridized carbons (Fsp3) is 0.938. The van der Waals surface area contributed by atoms with Crippen LogP contribution in [-0.2, 0) is 4.79 Å². The number of hydrogen-bond acceptors (Lipinski definition) is 3. The second-order valence-electron chi connectivity index (χ2n) is 7.32. The molecule has 2 fully saturated rings. The lowest BCUT2D eigenvalue weighted by Gasteiger charge is -2.48. The Morgan fingerprint density at radius 2 is 1.85 bits per heavy atom. The molecule has 0 aromatic rings. The summed E-state index contributed by atoms with van der Waals surface area (Å²) in [6.45, 7) is 3.53. The van der Waals surface area contributed by atoms with Gasteiger partial charge in [-0.25, -0.2) is 0 Å². The maximum Gasteiger partial charge on any atom is 0.227 e. The highest BCUT2D eigenvalue weighted by atomic mass is 16.2. The average molecular weight is 281 g/mol. The zero-order chi connectivity index (χ0) is 14.8. The molecule has 116 valence electrons. The van der Waals surface area contributed by atoms with Gasteiger partial charge in [-0.05, 0) is 65.0 Å². The molecule has 4 heteroatoms. The van der Waals surface area contributed by atoms with Crippen LogP contribution >= 0.6 is 0 Å². The molecule has 0 radical (unpaired) electrons. The van der Waals surface area contributed by atoms with Crippen LogP contribution in [0.2, 0.25) is 0 Å². The van der Waals surface area contributed by atoms with Gasteiger partial charge < -0.3 is 16.0 Å². The number of carbonyl (C=O) groups is 1. The molecule has 4 nitrogen and oxygen atoms in total. The summed E-state index contributed by atoms with van der Waals surface area (Å²) in [6.07, 6.45) is 7.80. The molecular formula is C16H31N3O. The van der Waals surface area contributed by atoms with Crippen molar-refractivity contribution in [2.75, 3.05) is 27.2 Å². The van der Waals surface area contributed by atoms with Crippen LogP contribution in [0.3, 0.4) is 0 Å². The molecule has 2 aliphatic rings. The van der Waals surface area contributed by atoms with E-state index in [0.29, 0.717) is 6.54 Å². The Kier molecular flexibility index (Phi) is 4.75. The highest BCUT2D eigenvalue weighted by Gasteiger charge is 2.43. The maximum atomic E-state index is 12.7. The maximum absolute atomic E-state index is 12.7. The van der Waals surface area contributed by atoms with Gasteiger partial charge in [0.25, 0.3) is 0 Å². The van der Waals surface area contributed by atoms with E-state index in [-0.39, 0.29) is 16.9 Å². The Balaban J connectivity index is 1.93. The summed E-state index contributed by atoms with van der Waals surface area (Å²) in [4.78, 5) is 14.9. The number of nitrogens with two attached hydrogens (primary N) is 1. The summed E-state index contributed by atoms with van der Waals surface area (Å²) in [5.74, 6) is 0.933. The van der Waals surface area contributed by atoms with Gasteiger partial charge >= 0.3 is 0 Å². The van der Waals surface area contributed by atoms with Gasteiger partial charge in [-0.15, -0.1) is 0 Å². The molecule has 0 aromatic carbocycles. The topological polar surface area (TPSA) is 58.4 Å². The van der Waals surface area contributed by atoms with Crippen LogP contribution in [0.4, 0.5) is 0 Å². The van der Waals surface area contributed by atoms with E-state index in [9.17, 15) is 4.79 Å². The third-order valence-corrected chi connectivity index (χ3v) is 5.91. The first-order chi connectivity index (χ1) is 9.44. The van der Waals surface area contributed by atoms with E-state index in [0.717, 1.165) is 38.1 Å². The molecule has 0 unspecified atom stereocenters. The van der Waals surface area contributed by atoms with E-state index in [1.807, 2.05) is 0 Å². The van der Waals surface area contributed by atoms with E-state index in [2.05, 4.69) is 31.2 Å². The predicted octanol–water partition coefficient (Wildman–Crippen LogP) is 1.74. The first-order valence-corrected chi connectivity index (χ1v) is 8.10. The zero-order valence-corrected chi connectivity index (χ0v) is 13.4. The van der Waals surface area contributed by atoms with Gasteiger partial charge in [-0.1, -0.05) is 6.92 Å². The lowest BCUT2D eigenvalue weighted by Crippen LogP contribution is -2.59.